The van der Waals surface area contributed by atoms with E-state index in [0.29, 0.717) is 23.6 Å². The summed E-state index contributed by atoms with van der Waals surface area (Å²) in [6.07, 6.45) is 1.66. The molecule has 128 valence electrons. The van der Waals surface area contributed by atoms with Crippen molar-refractivity contribution in [1.29, 1.82) is 0 Å². The summed E-state index contributed by atoms with van der Waals surface area (Å²) in [7, 11) is 0. The number of anilines is 2. The second-order valence-corrected chi connectivity index (χ2v) is 6.42. The van der Waals surface area contributed by atoms with Crippen LogP contribution in [-0.4, -0.2) is 18.4 Å². The first-order valence-corrected chi connectivity index (χ1v) is 8.03. The maximum Gasteiger partial charge on any atom is 0.255 e. The summed E-state index contributed by atoms with van der Waals surface area (Å²) in [6, 6.07) is 12.3. The van der Waals surface area contributed by atoms with Crippen LogP contribution in [0.25, 0.3) is 0 Å². The highest BCUT2D eigenvalue weighted by Gasteiger charge is 2.38. The second-order valence-electron chi connectivity index (χ2n) is 6.42. The number of amides is 2. The van der Waals surface area contributed by atoms with Gasteiger partial charge in [-0.2, -0.15) is 0 Å². The van der Waals surface area contributed by atoms with Crippen LogP contribution < -0.4 is 15.4 Å². The van der Waals surface area contributed by atoms with Gasteiger partial charge in [-0.05, 0) is 55.8 Å². The zero-order valence-electron chi connectivity index (χ0n) is 14.3. The summed E-state index contributed by atoms with van der Waals surface area (Å²) in [5, 5.41) is 5.70. The van der Waals surface area contributed by atoms with E-state index < -0.39 is 5.41 Å². The van der Waals surface area contributed by atoms with Crippen LogP contribution >= 0.6 is 0 Å². The highest BCUT2D eigenvalue weighted by Crippen LogP contribution is 2.38. The van der Waals surface area contributed by atoms with E-state index in [1.165, 1.54) is 0 Å². The molecule has 0 saturated heterocycles. The lowest BCUT2D eigenvalue weighted by atomic mass is 9.86. The Morgan fingerprint density at radius 2 is 1.96 bits per heavy atom. The Morgan fingerprint density at radius 1 is 1.24 bits per heavy atom. The average molecular weight is 336 g/mol. The summed E-state index contributed by atoms with van der Waals surface area (Å²) in [5.74, 6) is 0.416. The van der Waals surface area contributed by atoms with E-state index in [2.05, 4.69) is 17.2 Å². The molecule has 5 heteroatoms. The van der Waals surface area contributed by atoms with Gasteiger partial charge in [-0.3, -0.25) is 9.59 Å². The first-order valence-electron chi connectivity index (χ1n) is 8.03. The highest BCUT2D eigenvalue weighted by molar-refractivity contribution is 6.08. The van der Waals surface area contributed by atoms with E-state index in [0.717, 1.165) is 11.3 Å². The van der Waals surface area contributed by atoms with Crippen molar-refractivity contribution in [3.8, 4) is 5.75 Å². The van der Waals surface area contributed by atoms with Crippen molar-refractivity contribution in [2.75, 3.05) is 17.2 Å². The predicted molar refractivity (Wildman–Crippen MR) is 98.2 cm³/mol. The minimum absolute atomic E-state index is 0.0407. The molecule has 0 bridgehead atoms. The summed E-state index contributed by atoms with van der Waals surface area (Å²) < 4.78 is 5.40. The van der Waals surface area contributed by atoms with E-state index in [1.807, 2.05) is 19.9 Å². The van der Waals surface area contributed by atoms with Gasteiger partial charge in [-0.15, -0.1) is 0 Å². The number of carbonyl (C=O) groups excluding carboxylic acids is 2. The van der Waals surface area contributed by atoms with Crippen LogP contribution in [0.15, 0.2) is 55.1 Å². The molecule has 2 N–H and O–H groups in total. The van der Waals surface area contributed by atoms with Crippen LogP contribution in [0.4, 0.5) is 11.4 Å². The number of hydrogen-bond donors (Lipinski definition) is 2. The fourth-order valence-electron chi connectivity index (χ4n) is 2.73. The van der Waals surface area contributed by atoms with E-state index in [9.17, 15) is 9.59 Å². The van der Waals surface area contributed by atoms with Crippen molar-refractivity contribution in [3.05, 3.63) is 66.2 Å². The van der Waals surface area contributed by atoms with Gasteiger partial charge in [-0.25, -0.2) is 0 Å². The molecule has 1 heterocycles. The summed E-state index contributed by atoms with van der Waals surface area (Å²) in [4.78, 5) is 24.4. The van der Waals surface area contributed by atoms with Crippen molar-refractivity contribution in [1.82, 2.24) is 0 Å². The van der Waals surface area contributed by atoms with Gasteiger partial charge in [0.15, 0.2) is 0 Å². The van der Waals surface area contributed by atoms with Crippen LogP contribution in [0.3, 0.4) is 0 Å². The molecule has 2 amide bonds. The number of fused-ring (bicyclic) bond motifs is 1. The monoisotopic (exact) mass is 336 g/mol. The van der Waals surface area contributed by atoms with Crippen LogP contribution in [0, 0.1) is 0 Å². The molecule has 3 rings (SSSR count). The lowest BCUT2D eigenvalue weighted by molar-refractivity contribution is -0.119. The first-order chi connectivity index (χ1) is 11.9. The minimum atomic E-state index is -0.556. The molecule has 0 atom stereocenters. The van der Waals surface area contributed by atoms with Crippen LogP contribution in [0.1, 0.15) is 29.8 Å². The molecule has 0 fully saturated rings. The number of ether oxygens (including phenoxy) is 1. The third-order valence-electron chi connectivity index (χ3n) is 4.25. The van der Waals surface area contributed by atoms with Crippen molar-refractivity contribution < 1.29 is 14.3 Å². The van der Waals surface area contributed by atoms with Crippen LogP contribution in [0.5, 0.6) is 5.75 Å². The number of rotatable bonds is 5. The molecule has 0 spiro atoms. The molecule has 1 aliphatic rings. The third-order valence-corrected chi connectivity index (χ3v) is 4.25. The minimum Gasteiger partial charge on any atom is -0.490 e. The number of nitrogens with one attached hydrogen (secondary N) is 2. The second kappa shape index (κ2) is 6.43. The molecule has 0 aromatic heterocycles. The zero-order chi connectivity index (χ0) is 18.0. The van der Waals surface area contributed by atoms with E-state index in [4.69, 9.17) is 4.74 Å². The molecule has 25 heavy (non-hydrogen) atoms. The molecular weight excluding hydrogens is 316 g/mol. The summed E-state index contributed by atoms with van der Waals surface area (Å²) >= 11 is 0. The first kappa shape index (κ1) is 16.8. The smallest absolute Gasteiger partial charge is 0.255 e. The van der Waals surface area contributed by atoms with Crippen LogP contribution in [0.2, 0.25) is 0 Å². The van der Waals surface area contributed by atoms with Gasteiger partial charge < -0.3 is 15.4 Å². The molecule has 5 nitrogen and oxygen atoms in total. The fourth-order valence-corrected chi connectivity index (χ4v) is 2.73. The summed E-state index contributed by atoms with van der Waals surface area (Å²) in [5.41, 5.74) is 2.27. The van der Waals surface area contributed by atoms with Crippen molar-refractivity contribution in [2.24, 2.45) is 0 Å². The number of hydrogen-bond acceptors (Lipinski definition) is 3. The Hall–Kier alpha value is -3.08. The predicted octanol–water partition coefficient (Wildman–Crippen LogP) is 3.73. The average Bonchev–Trinajstić information content (AvgIpc) is 2.82. The Bertz CT molecular complexity index is 839. The van der Waals surface area contributed by atoms with Gasteiger partial charge in [0, 0.05) is 16.9 Å². The van der Waals surface area contributed by atoms with Crippen LogP contribution in [-0.2, 0) is 10.2 Å². The lowest BCUT2D eigenvalue weighted by Gasteiger charge is -2.15. The van der Waals surface area contributed by atoms with Gasteiger partial charge in [0.25, 0.3) is 5.91 Å². The molecule has 0 aliphatic carbocycles. The molecule has 2 aromatic carbocycles. The van der Waals surface area contributed by atoms with Gasteiger partial charge in [0.05, 0.1) is 5.41 Å². The topological polar surface area (TPSA) is 67.4 Å². The normalized spacial score (nSPS) is 14.4. The van der Waals surface area contributed by atoms with E-state index >= 15 is 0 Å². The Balaban J connectivity index is 1.73. The van der Waals surface area contributed by atoms with Gasteiger partial charge >= 0.3 is 0 Å². The van der Waals surface area contributed by atoms with Gasteiger partial charge in [-0.1, -0.05) is 18.7 Å². The zero-order valence-corrected chi connectivity index (χ0v) is 14.3. The van der Waals surface area contributed by atoms with Crippen molar-refractivity contribution >= 4 is 23.2 Å². The quantitative estimate of drug-likeness (QED) is 0.818. The molecule has 0 radical (unpaired) electrons. The lowest BCUT2D eigenvalue weighted by Crippen LogP contribution is -2.26. The Morgan fingerprint density at radius 3 is 2.64 bits per heavy atom. The molecular formula is C20H20N2O3. The Labute approximate surface area is 146 Å². The molecule has 0 saturated carbocycles. The SMILES string of the molecule is C=CCOc1ccc(C(=O)Nc2ccc3c(c2)NC(=O)C3(C)C)cc1. The fraction of sp³-hybridized carbons (Fsp3) is 0.200. The van der Waals surface area contributed by atoms with Crippen molar-refractivity contribution in [3.63, 3.8) is 0 Å². The molecule has 0 unspecified atom stereocenters. The number of carbonyl (C=O) groups is 2. The molecule has 2 aromatic rings. The van der Waals surface area contributed by atoms with E-state index in [-0.39, 0.29) is 11.8 Å². The standard InChI is InChI=1S/C20H20N2O3/c1-4-11-25-15-8-5-13(6-9-15)18(23)21-14-7-10-16-17(12-14)22-19(24)20(16,2)3/h4-10,12H,1,11H2,2-3H3,(H,21,23)(H,22,24). The molecule has 1 aliphatic heterocycles. The number of benzene rings is 2. The van der Waals surface area contributed by atoms with Crippen molar-refractivity contribution in [2.45, 2.75) is 19.3 Å². The van der Waals surface area contributed by atoms with Gasteiger partial charge in [0.2, 0.25) is 5.91 Å². The third kappa shape index (κ3) is 3.26. The Kier molecular flexibility index (Phi) is 4.31. The highest BCUT2D eigenvalue weighted by atomic mass is 16.5. The van der Waals surface area contributed by atoms with E-state index in [1.54, 1.807) is 42.5 Å². The maximum atomic E-state index is 12.4. The maximum absolute atomic E-state index is 12.4. The summed E-state index contributed by atoms with van der Waals surface area (Å²) in [6.45, 7) is 7.77. The van der Waals surface area contributed by atoms with Gasteiger partial charge in [0.1, 0.15) is 12.4 Å². The largest absolute Gasteiger partial charge is 0.490 e.